The van der Waals surface area contributed by atoms with E-state index in [2.05, 4.69) is 17.2 Å². The van der Waals surface area contributed by atoms with Gasteiger partial charge in [-0.3, -0.25) is 9.78 Å². The van der Waals surface area contributed by atoms with E-state index in [1.165, 1.54) is 0 Å². The van der Waals surface area contributed by atoms with Gasteiger partial charge < -0.3 is 10.2 Å². The molecule has 2 atom stereocenters. The molecule has 1 aliphatic rings. The number of rotatable bonds is 4. The van der Waals surface area contributed by atoms with Gasteiger partial charge in [0, 0.05) is 37.4 Å². The van der Waals surface area contributed by atoms with Crippen LogP contribution in [0, 0.1) is 5.92 Å². The van der Waals surface area contributed by atoms with Crippen LogP contribution in [0.5, 0.6) is 0 Å². The van der Waals surface area contributed by atoms with Gasteiger partial charge in [0.15, 0.2) is 0 Å². The monoisotopic (exact) mass is 261 g/mol. The molecule has 2 heterocycles. The summed E-state index contributed by atoms with van der Waals surface area (Å²) in [5.74, 6) is 0.477. The summed E-state index contributed by atoms with van der Waals surface area (Å²) in [6.45, 7) is 6.60. The largest absolute Gasteiger partial charge is 0.338 e. The topological polar surface area (TPSA) is 45.2 Å². The number of aromatic nitrogens is 1. The van der Waals surface area contributed by atoms with Crippen molar-refractivity contribution in [3.8, 4) is 0 Å². The van der Waals surface area contributed by atoms with Crippen LogP contribution in [0.25, 0.3) is 0 Å². The van der Waals surface area contributed by atoms with Crippen molar-refractivity contribution in [1.29, 1.82) is 0 Å². The molecule has 0 aromatic carbocycles. The summed E-state index contributed by atoms with van der Waals surface area (Å²) < 4.78 is 0. The molecule has 0 radical (unpaired) electrons. The van der Waals surface area contributed by atoms with Crippen molar-refractivity contribution < 1.29 is 4.79 Å². The Morgan fingerprint density at radius 2 is 2.21 bits per heavy atom. The summed E-state index contributed by atoms with van der Waals surface area (Å²) in [5, 5.41) is 3.39. The Labute approximate surface area is 115 Å². The van der Waals surface area contributed by atoms with E-state index in [0.717, 1.165) is 31.5 Å². The third-order valence-corrected chi connectivity index (χ3v) is 3.79. The maximum absolute atomic E-state index is 12.6. The third-order valence-electron chi connectivity index (χ3n) is 3.79. The SMILES string of the molecule is CCN(Cc1ccncc1)C(=O)C1CCNC(C)C1. The van der Waals surface area contributed by atoms with Gasteiger partial charge in [-0.15, -0.1) is 0 Å². The lowest BCUT2D eigenvalue weighted by molar-refractivity contribution is -0.137. The Hall–Kier alpha value is -1.42. The molecule has 1 fully saturated rings. The van der Waals surface area contributed by atoms with Gasteiger partial charge in [0.25, 0.3) is 0 Å². The average molecular weight is 261 g/mol. The van der Waals surface area contributed by atoms with Crippen molar-refractivity contribution in [2.45, 2.75) is 39.3 Å². The summed E-state index contributed by atoms with van der Waals surface area (Å²) in [5.41, 5.74) is 1.15. The minimum atomic E-state index is 0.179. The molecule has 19 heavy (non-hydrogen) atoms. The molecule has 0 spiro atoms. The van der Waals surface area contributed by atoms with Gasteiger partial charge in [0.2, 0.25) is 5.91 Å². The highest BCUT2D eigenvalue weighted by atomic mass is 16.2. The molecule has 0 saturated carbocycles. The van der Waals surface area contributed by atoms with E-state index in [-0.39, 0.29) is 5.92 Å². The van der Waals surface area contributed by atoms with Crippen molar-refractivity contribution in [3.05, 3.63) is 30.1 Å². The van der Waals surface area contributed by atoms with Crippen LogP contribution in [0.1, 0.15) is 32.3 Å². The Morgan fingerprint density at radius 3 is 2.84 bits per heavy atom. The molecule has 1 N–H and O–H groups in total. The molecule has 1 aromatic heterocycles. The van der Waals surface area contributed by atoms with Crippen LogP contribution in [0.2, 0.25) is 0 Å². The molecule has 2 rings (SSSR count). The molecule has 2 unspecified atom stereocenters. The van der Waals surface area contributed by atoms with Crippen LogP contribution < -0.4 is 5.32 Å². The Kier molecular flexibility index (Phi) is 4.91. The number of hydrogen-bond donors (Lipinski definition) is 1. The van der Waals surface area contributed by atoms with Gasteiger partial charge >= 0.3 is 0 Å². The fourth-order valence-corrected chi connectivity index (χ4v) is 2.67. The first-order valence-corrected chi connectivity index (χ1v) is 7.11. The molecule has 0 bridgehead atoms. The zero-order valence-electron chi connectivity index (χ0n) is 11.8. The minimum absolute atomic E-state index is 0.179. The van der Waals surface area contributed by atoms with E-state index >= 15 is 0 Å². The number of pyridine rings is 1. The van der Waals surface area contributed by atoms with Gasteiger partial charge in [-0.25, -0.2) is 0 Å². The fraction of sp³-hybridized carbons (Fsp3) is 0.600. The van der Waals surface area contributed by atoms with Crippen LogP contribution in [0.3, 0.4) is 0 Å². The zero-order chi connectivity index (χ0) is 13.7. The van der Waals surface area contributed by atoms with E-state index in [9.17, 15) is 4.79 Å². The number of hydrogen-bond acceptors (Lipinski definition) is 3. The second-order valence-corrected chi connectivity index (χ2v) is 5.28. The van der Waals surface area contributed by atoms with Crippen LogP contribution in [-0.4, -0.2) is 34.9 Å². The quantitative estimate of drug-likeness (QED) is 0.899. The summed E-state index contributed by atoms with van der Waals surface area (Å²) in [6.07, 6.45) is 5.46. The zero-order valence-corrected chi connectivity index (χ0v) is 11.8. The molecular weight excluding hydrogens is 238 g/mol. The lowest BCUT2D eigenvalue weighted by Crippen LogP contribution is -2.43. The highest BCUT2D eigenvalue weighted by molar-refractivity contribution is 5.79. The standard InChI is InChI=1S/C15H23N3O/c1-3-18(11-13-4-7-16-8-5-13)15(19)14-6-9-17-12(2)10-14/h4-5,7-8,12,14,17H,3,6,9-11H2,1-2H3. The van der Waals surface area contributed by atoms with Crippen LogP contribution in [0.15, 0.2) is 24.5 Å². The van der Waals surface area contributed by atoms with Crippen LogP contribution in [0.4, 0.5) is 0 Å². The Balaban J connectivity index is 1.98. The van der Waals surface area contributed by atoms with E-state index < -0.39 is 0 Å². The van der Waals surface area contributed by atoms with Crippen molar-refractivity contribution in [3.63, 3.8) is 0 Å². The molecule has 0 aliphatic carbocycles. The maximum atomic E-state index is 12.6. The number of carbonyl (C=O) groups excluding carboxylic acids is 1. The van der Waals surface area contributed by atoms with Gasteiger partial charge in [-0.1, -0.05) is 0 Å². The molecule has 4 heteroatoms. The lowest BCUT2D eigenvalue weighted by Gasteiger charge is -2.31. The van der Waals surface area contributed by atoms with E-state index in [4.69, 9.17) is 0 Å². The van der Waals surface area contributed by atoms with Gasteiger partial charge in [0.1, 0.15) is 0 Å². The number of nitrogens with zero attached hydrogens (tertiary/aromatic N) is 2. The Morgan fingerprint density at radius 1 is 1.47 bits per heavy atom. The van der Waals surface area contributed by atoms with Gasteiger partial charge in [-0.05, 0) is 50.9 Å². The summed E-state index contributed by atoms with van der Waals surface area (Å²) in [6, 6.07) is 4.39. The summed E-state index contributed by atoms with van der Waals surface area (Å²) >= 11 is 0. The normalized spacial score (nSPS) is 23.1. The molecule has 1 aliphatic heterocycles. The maximum Gasteiger partial charge on any atom is 0.226 e. The molecule has 4 nitrogen and oxygen atoms in total. The van der Waals surface area contributed by atoms with Gasteiger partial charge in [-0.2, -0.15) is 0 Å². The van der Waals surface area contributed by atoms with Gasteiger partial charge in [0.05, 0.1) is 0 Å². The second-order valence-electron chi connectivity index (χ2n) is 5.28. The van der Waals surface area contributed by atoms with E-state index in [0.29, 0.717) is 18.5 Å². The highest BCUT2D eigenvalue weighted by Gasteiger charge is 2.27. The van der Waals surface area contributed by atoms with Crippen molar-refractivity contribution >= 4 is 5.91 Å². The first kappa shape index (κ1) is 14.0. The first-order valence-electron chi connectivity index (χ1n) is 7.11. The van der Waals surface area contributed by atoms with Crippen molar-refractivity contribution in [1.82, 2.24) is 15.2 Å². The molecule has 1 saturated heterocycles. The smallest absolute Gasteiger partial charge is 0.226 e. The third kappa shape index (κ3) is 3.77. The van der Waals surface area contributed by atoms with Crippen molar-refractivity contribution in [2.75, 3.05) is 13.1 Å². The number of piperidine rings is 1. The van der Waals surface area contributed by atoms with E-state index in [1.54, 1.807) is 12.4 Å². The predicted molar refractivity (Wildman–Crippen MR) is 75.5 cm³/mol. The summed E-state index contributed by atoms with van der Waals surface area (Å²) in [7, 11) is 0. The van der Waals surface area contributed by atoms with Crippen LogP contribution >= 0.6 is 0 Å². The van der Waals surface area contributed by atoms with Crippen LogP contribution in [-0.2, 0) is 11.3 Å². The average Bonchev–Trinajstić information content (AvgIpc) is 2.45. The number of amides is 1. The fourth-order valence-electron chi connectivity index (χ4n) is 2.67. The lowest BCUT2D eigenvalue weighted by atomic mass is 9.92. The van der Waals surface area contributed by atoms with E-state index in [1.807, 2.05) is 24.0 Å². The predicted octanol–water partition coefficient (Wildman–Crippen LogP) is 1.82. The molecule has 1 amide bonds. The number of carbonyl (C=O) groups is 1. The summed E-state index contributed by atoms with van der Waals surface area (Å²) in [4.78, 5) is 18.5. The Bertz CT molecular complexity index is 407. The molecule has 1 aromatic rings. The second kappa shape index (κ2) is 6.66. The first-order chi connectivity index (χ1) is 9.20. The molecule has 104 valence electrons. The minimum Gasteiger partial charge on any atom is -0.338 e. The highest BCUT2D eigenvalue weighted by Crippen LogP contribution is 2.19. The number of nitrogens with one attached hydrogen (secondary N) is 1. The van der Waals surface area contributed by atoms with Crippen molar-refractivity contribution in [2.24, 2.45) is 5.92 Å². The molecular formula is C15H23N3O.